The lowest BCUT2D eigenvalue weighted by atomic mass is 10.2. The van der Waals surface area contributed by atoms with Crippen molar-refractivity contribution in [3.8, 4) is 0 Å². The molecule has 2 aromatic carbocycles. The number of amides is 1. The molecule has 8 heteroatoms. The number of ether oxygens (including phenoxy) is 1. The number of nitro groups is 1. The zero-order valence-electron chi connectivity index (χ0n) is 14.3. The van der Waals surface area contributed by atoms with Gasteiger partial charge in [-0.3, -0.25) is 14.9 Å². The van der Waals surface area contributed by atoms with E-state index in [1.54, 1.807) is 6.26 Å². The first-order chi connectivity index (χ1) is 12.4. The van der Waals surface area contributed by atoms with Crippen molar-refractivity contribution in [1.82, 2.24) is 5.32 Å². The van der Waals surface area contributed by atoms with Crippen LogP contribution >= 0.6 is 11.8 Å². The maximum Gasteiger partial charge on any atom is 0.339 e. The van der Waals surface area contributed by atoms with Crippen molar-refractivity contribution in [3.05, 3.63) is 69.8 Å². The molecule has 1 atom stereocenters. The molecule has 0 aromatic heterocycles. The van der Waals surface area contributed by atoms with Gasteiger partial charge in [0, 0.05) is 12.6 Å². The van der Waals surface area contributed by atoms with Gasteiger partial charge >= 0.3 is 5.97 Å². The van der Waals surface area contributed by atoms with Crippen LogP contribution in [0.2, 0.25) is 0 Å². The van der Waals surface area contributed by atoms with Crippen molar-refractivity contribution in [1.29, 1.82) is 0 Å². The Kier molecular flexibility index (Phi) is 6.74. The second-order valence-corrected chi connectivity index (χ2v) is 6.24. The van der Waals surface area contributed by atoms with Crippen molar-refractivity contribution >= 4 is 29.3 Å². The number of carbonyl (C=O) groups excluding carboxylic acids is 2. The van der Waals surface area contributed by atoms with Crippen LogP contribution < -0.4 is 5.32 Å². The molecule has 0 saturated carbocycles. The molecule has 0 bridgehead atoms. The summed E-state index contributed by atoms with van der Waals surface area (Å²) in [5, 5.41) is 13.8. The minimum Gasteiger partial charge on any atom is -0.449 e. The van der Waals surface area contributed by atoms with Crippen LogP contribution in [-0.4, -0.2) is 29.2 Å². The van der Waals surface area contributed by atoms with Crippen LogP contribution in [0, 0.1) is 10.1 Å². The molecule has 136 valence electrons. The zero-order valence-corrected chi connectivity index (χ0v) is 15.1. The van der Waals surface area contributed by atoms with Gasteiger partial charge in [0.05, 0.1) is 15.4 Å². The number of thioether (sulfide) groups is 1. The molecule has 0 fully saturated rings. The molecule has 0 aliphatic heterocycles. The third kappa shape index (κ3) is 5.06. The van der Waals surface area contributed by atoms with E-state index in [0.717, 1.165) is 11.6 Å². The number of esters is 1. The molecule has 0 heterocycles. The molecule has 2 rings (SSSR count). The molecule has 0 aliphatic rings. The SMILES string of the molecule is CSc1ccc(C(=O)O[C@@H](C)C(=O)NCc2ccccc2)cc1[N+](=O)[O-]. The lowest BCUT2D eigenvalue weighted by Gasteiger charge is -2.14. The van der Waals surface area contributed by atoms with Crippen LogP contribution in [0.15, 0.2) is 53.4 Å². The normalized spacial score (nSPS) is 11.5. The van der Waals surface area contributed by atoms with E-state index in [1.165, 1.54) is 30.8 Å². The standard InChI is InChI=1S/C18H18N2O5S/c1-12(17(21)19-11-13-6-4-3-5-7-13)25-18(22)14-8-9-16(26-2)15(10-14)20(23)24/h3-10,12H,11H2,1-2H3,(H,19,21)/t12-/m0/s1. The summed E-state index contributed by atoms with van der Waals surface area (Å²) in [4.78, 5) is 35.2. The topological polar surface area (TPSA) is 98.5 Å². The number of carbonyl (C=O) groups is 2. The third-order valence-electron chi connectivity index (χ3n) is 3.57. The first kappa shape index (κ1) is 19.5. The van der Waals surface area contributed by atoms with E-state index in [2.05, 4.69) is 5.32 Å². The highest BCUT2D eigenvalue weighted by atomic mass is 32.2. The smallest absolute Gasteiger partial charge is 0.339 e. The predicted octanol–water partition coefficient (Wildman–Crippen LogP) is 3.18. The second kappa shape index (κ2) is 9.00. The van der Waals surface area contributed by atoms with Gasteiger partial charge in [0.1, 0.15) is 0 Å². The van der Waals surface area contributed by atoms with Gasteiger partial charge in [-0.1, -0.05) is 30.3 Å². The van der Waals surface area contributed by atoms with Gasteiger partial charge in [0.15, 0.2) is 6.10 Å². The Morgan fingerprint density at radius 2 is 1.92 bits per heavy atom. The molecule has 26 heavy (non-hydrogen) atoms. The van der Waals surface area contributed by atoms with Gasteiger partial charge in [-0.15, -0.1) is 11.8 Å². The average molecular weight is 374 g/mol. The number of benzene rings is 2. The highest BCUT2D eigenvalue weighted by Gasteiger charge is 2.22. The Bertz CT molecular complexity index is 810. The monoisotopic (exact) mass is 374 g/mol. The van der Waals surface area contributed by atoms with E-state index in [9.17, 15) is 19.7 Å². The first-order valence-electron chi connectivity index (χ1n) is 7.77. The minimum atomic E-state index is -1.02. The minimum absolute atomic E-state index is 0.0252. The summed E-state index contributed by atoms with van der Waals surface area (Å²) in [6.07, 6.45) is 0.685. The molecule has 0 saturated heterocycles. The molecule has 1 amide bonds. The second-order valence-electron chi connectivity index (χ2n) is 5.39. The van der Waals surface area contributed by atoms with Crippen molar-refractivity contribution in [2.24, 2.45) is 0 Å². The number of nitrogens with zero attached hydrogens (tertiary/aromatic N) is 1. The van der Waals surface area contributed by atoms with Crippen LogP contribution in [0.1, 0.15) is 22.8 Å². The van der Waals surface area contributed by atoms with Gasteiger partial charge in [-0.25, -0.2) is 4.79 Å². The maximum atomic E-state index is 12.2. The quantitative estimate of drug-likeness (QED) is 0.346. The molecular formula is C18H18N2O5S. The van der Waals surface area contributed by atoms with E-state index in [-0.39, 0.29) is 11.3 Å². The Morgan fingerprint density at radius 1 is 1.23 bits per heavy atom. The van der Waals surface area contributed by atoms with Crippen molar-refractivity contribution in [2.45, 2.75) is 24.5 Å². The van der Waals surface area contributed by atoms with Gasteiger partial charge in [-0.05, 0) is 30.9 Å². The Balaban J connectivity index is 1.98. The largest absolute Gasteiger partial charge is 0.449 e. The van der Waals surface area contributed by atoms with Crippen molar-refractivity contribution < 1.29 is 19.2 Å². The molecule has 1 N–H and O–H groups in total. The summed E-state index contributed by atoms with van der Waals surface area (Å²) in [5.74, 6) is -1.24. The lowest BCUT2D eigenvalue weighted by molar-refractivity contribution is -0.387. The predicted molar refractivity (Wildman–Crippen MR) is 98.0 cm³/mol. The molecular weight excluding hydrogens is 356 g/mol. The molecule has 0 unspecified atom stereocenters. The van der Waals surface area contributed by atoms with E-state index in [1.807, 2.05) is 30.3 Å². The fourth-order valence-electron chi connectivity index (χ4n) is 2.17. The Labute approximate surface area is 154 Å². The third-order valence-corrected chi connectivity index (χ3v) is 4.36. The summed E-state index contributed by atoms with van der Waals surface area (Å²) in [6.45, 7) is 1.76. The van der Waals surface area contributed by atoms with Gasteiger partial charge < -0.3 is 10.1 Å². The number of hydrogen-bond donors (Lipinski definition) is 1. The number of nitro benzene ring substituents is 1. The highest BCUT2D eigenvalue weighted by molar-refractivity contribution is 7.98. The van der Waals surface area contributed by atoms with Crippen molar-refractivity contribution in [2.75, 3.05) is 6.26 Å². The molecule has 7 nitrogen and oxygen atoms in total. The summed E-state index contributed by atoms with van der Waals surface area (Å²) < 4.78 is 5.11. The molecule has 2 aromatic rings. The van der Waals surface area contributed by atoms with Crippen LogP contribution in [0.4, 0.5) is 5.69 Å². The molecule has 0 aliphatic carbocycles. The van der Waals surface area contributed by atoms with E-state index in [4.69, 9.17) is 4.74 Å². The van der Waals surface area contributed by atoms with E-state index in [0.29, 0.717) is 11.4 Å². The summed E-state index contributed by atoms with van der Waals surface area (Å²) in [6, 6.07) is 13.4. The first-order valence-corrected chi connectivity index (χ1v) is 9.00. The van der Waals surface area contributed by atoms with E-state index >= 15 is 0 Å². The van der Waals surface area contributed by atoms with Gasteiger partial charge in [-0.2, -0.15) is 0 Å². The van der Waals surface area contributed by atoms with E-state index < -0.39 is 22.9 Å². The molecule has 0 spiro atoms. The Hall–Kier alpha value is -2.87. The number of nitrogens with one attached hydrogen (secondary N) is 1. The maximum absolute atomic E-state index is 12.2. The number of hydrogen-bond acceptors (Lipinski definition) is 6. The fraction of sp³-hybridized carbons (Fsp3) is 0.222. The summed E-state index contributed by atoms with van der Waals surface area (Å²) >= 11 is 1.21. The number of rotatable bonds is 7. The summed E-state index contributed by atoms with van der Waals surface area (Å²) in [7, 11) is 0. The van der Waals surface area contributed by atoms with Crippen LogP contribution in [0.3, 0.4) is 0 Å². The van der Waals surface area contributed by atoms with Gasteiger partial charge in [0.25, 0.3) is 11.6 Å². The van der Waals surface area contributed by atoms with Crippen LogP contribution in [-0.2, 0) is 16.1 Å². The highest BCUT2D eigenvalue weighted by Crippen LogP contribution is 2.28. The Morgan fingerprint density at radius 3 is 2.54 bits per heavy atom. The lowest BCUT2D eigenvalue weighted by Crippen LogP contribution is -2.35. The van der Waals surface area contributed by atoms with Crippen LogP contribution in [0.25, 0.3) is 0 Å². The fourth-order valence-corrected chi connectivity index (χ4v) is 2.72. The van der Waals surface area contributed by atoms with Crippen LogP contribution in [0.5, 0.6) is 0 Å². The molecule has 0 radical (unpaired) electrons. The average Bonchev–Trinajstić information content (AvgIpc) is 2.66. The zero-order chi connectivity index (χ0) is 19.1. The van der Waals surface area contributed by atoms with Gasteiger partial charge in [0.2, 0.25) is 0 Å². The van der Waals surface area contributed by atoms with Crippen molar-refractivity contribution in [3.63, 3.8) is 0 Å². The summed E-state index contributed by atoms with van der Waals surface area (Å²) in [5.41, 5.74) is 0.771.